The van der Waals surface area contributed by atoms with Crippen molar-refractivity contribution in [2.24, 2.45) is 11.1 Å². The summed E-state index contributed by atoms with van der Waals surface area (Å²) in [4.78, 5) is 0. The van der Waals surface area contributed by atoms with Gasteiger partial charge in [-0.1, -0.05) is 0 Å². The Morgan fingerprint density at radius 3 is 2.53 bits per heavy atom. The molecule has 1 aliphatic heterocycles. The molecule has 17 heavy (non-hydrogen) atoms. The van der Waals surface area contributed by atoms with Crippen molar-refractivity contribution in [3.63, 3.8) is 0 Å². The molecule has 94 valence electrons. The Morgan fingerprint density at radius 1 is 1.35 bits per heavy atom. The zero-order valence-corrected chi connectivity index (χ0v) is 9.63. The van der Waals surface area contributed by atoms with Gasteiger partial charge in [0.2, 0.25) is 0 Å². The molecule has 0 radical (unpaired) electrons. The summed E-state index contributed by atoms with van der Waals surface area (Å²) in [7, 11) is 1.30. The van der Waals surface area contributed by atoms with Crippen molar-refractivity contribution in [1.82, 2.24) is 0 Å². The molecule has 0 unspecified atom stereocenters. The molecule has 0 atom stereocenters. The average Bonchev–Trinajstić information content (AvgIpc) is 2.27. The Labute approximate surface area is 98.5 Å². The Balaban J connectivity index is 2.24. The first-order chi connectivity index (χ1) is 8.10. The Morgan fingerprint density at radius 2 is 2.06 bits per heavy atom. The van der Waals surface area contributed by atoms with Gasteiger partial charge in [0.1, 0.15) is 5.82 Å². The van der Waals surface area contributed by atoms with Crippen molar-refractivity contribution < 1.29 is 18.3 Å². The predicted octanol–water partition coefficient (Wildman–Crippen LogP) is 1.49. The van der Waals surface area contributed by atoms with E-state index in [0.29, 0.717) is 31.7 Å². The smallest absolute Gasteiger partial charge is 0.165 e. The van der Waals surface area contributed by atoms with Gasteiger partial charge in [0.25, 0.3) is 0 Å². The summed E-state index contributed by atoms with van der Waals surface area (Å²) in [6, 6.07) is 2.23. The lowest BCUT2D eigenvalue weighted by Gasteiger charge is -2.40. The van der Waals surface area contributed by atoms with E-state index in [4.69, 9.17) is 15.2 Å². The lowest BCUT2D eigenvalue weighted by molar-refractivity contribution is -0.106. The normalized spacial score (nSPS) is 17.6. The lowest BCUT2D eigenvalue weighted by Crippen LogP contribution is -2.49. The van der Waals surface area contributed by atoms with Crippen LogP contribution in [0.15, 0.2) is 12.1 Å². The van der Waals surface area contributed by atoms with Crippen LogP contribution in [0.1, 0.15) is 5.56 Å². The van der Waals surface area contributed by atoms with E-state index in [2.05, 4.69) is 0 Å². The summed E-state index contributed by atoms with van der Waals surface area (Å²) in [5.41, 5.74) is 5.71. The van der Waals surface area contributed by atoms with Crippen LogP contribution in [-0.2, 0) is 11.2 Å². The highest BCUT2D eigenvalue weighted by atomic mass is 19.1. The molecule has 1 aromatic carbocycles. The van der Waals surface area contributed by atoms with Crippen LogP contribution in [0.4, 0.5) is 8.78 Å². The van der Waals surface area contributed by atoms with Crippen LogP contribution in [0.3, 0.4) is 0 Å². The van der Waals surface area contributed by atoms with Crippen LogP contribution < -0.4 is 10.5 Å². The summed E-state index contributed by atoms with van der Waals surface area (Å²) >= 11 is 0. The zero-order valence-electron chi connectivity index (χ0n) is 9.63. The molecule has 5 heteroatoms. The van der Waals surface area contributed by atoms with Gasteiger partial charge in [0.15, 0.2) is 11.6 Å². The van der Waals surface area contributed by atoms with Crippen LogP contribution in [-0.4, -0.2) is 26.9 Å². The van der Waals surface area contributed by atoms with Crippen molar-refractivity contribution in [1.29, 1.82) is 0 Å². The number of ether oxygens (including phenoxy) is 2. The molecule has 0 saturated carbocycles. The minimum atomic E-state index is -0.559. The molecule has 0 aliphatic carbocycles. The molecule has 0 bridgehead atoms. The second-order valence-corrected chi connectivity index (χ2v) is 4.45. The largest absolute Gasteiger partial charge is 0.494 e. The maximum atomic E-state index is 13.7. The summed E-state index contributed by atoms with van der Waals surface area (Å²) in [6.45, 7) is 1.40. The number of methoxy groups -OCH3 is 1. The summed E-state index contributed by atoms with van der Waals surface area (Å²) < 4.78 is 37.0. The molecule has 1 aliphatic rings. The maximum Gasteiger partial charge on any atom is 0.165 e. The van der Waals surface area contributed by atoms with Crippen molar-refractivity contribution in [2.45, 2.75) is 6.42 Å². The average molecular weight is 243 g/mol. The van der Waals surface area contributed by atoms with E-state index in [0.717, 1.165) is 6.07 Å². The van der Waals surface area contributed by atoms with Gasteiger partial charge >= 0.3 is 0 Å². The van der Waals surface area contributed by atoms with Gasteiger partial charge in [0.05, 0.1) is 20.3 Å². The third-order valence-electron chi connectivity index (χ3n) is 3.14. The SMILES string of the molecule is COc1cc(F)c(CC2(CN)COC2)cc1F. The van der Waals surface area contributed by atoms with E-state index in [1.54, 1.807) is 0 Å². The topological polar surface area (TPSA) is 44.5 Å². The van der Waals surface area contributed by atoms with Crippen LogP contribution in [0, 0.1) is 17.0 Å². The van der Waals surface area contributed by atoms with Gasteiger partial charge in [0, 0.05) is 18.0 Å². The molecular weight excluding hydrogens is 228 g/mol. The molecule has 2 N–H and O–H groups in total. The van der Waals surface area contributed by atoms with Crippen molar-refractivity contribution >= 4 is 0 Å². The molecule has 0 spiro atoms. The lowest BCUT2D eigenvalue weighted by atomic mass is 9.80. The number of rotatable bonds is 4. The van der Waals surface area contributed by atoms with Crippen LogP contribution in [0.25, 0.3) is 0 Å². The molecular formula is C12H15F2NO2. The maximum absolute atomic E-state index is 13.7. The van der Waals surface area contributed by atoms with E-state index in [1.165, 1.54) is 13.2 Å². The molecule has 1 saturated heterocycles. The minimum Gasteiger partial charge on any atom is -0.494 e. The molecule has 2 rings (SSSR count). The Kier molecular flexibility index (Phi) is 3.31. The monoisotopic (exact) mass is 243 g/mol. The minimum absolute atomic E-state index is 0.0853. The van der Waals surface area contributed by atoms with Crippen LogP contribution in [0.2, 0.25) is 0 Å². The van der Waals surface area contributed by atoms with Crippen molar-refractivity contribution in [3.8, 4) is 5.75 Å². The highest BCUT2D eigenvalue weighted by molar-refractivity contribution is 5.31. The number of hydrogen-bond acceptors (Lipinski definition) is 3. The Bertz CT molecular complexity index is 414. The standard InChI is InChI=1S/C12H15F2NO2/c1-16-11-3-9(13)8(2-10(11)14)4-12(5-15)6-17-7-12/h2-3H,4-7,15H2,1H3. The second kappa shape index (κ2) is 4.58. The second-order valence-electron chi connectivity index (χ2n) is 4.45. The molecule has 1 aromatic rings. The number of hydrogen-bond donors (Lipinski definition) is 1. The molecule has 1 fully saturated rings. The summed E-state index contributed by atoms with van der Waals surface area (Å²) in [5.74, 6) is -1.11. The highest BCUT2D eigenvalue weighted by Crippen LogP contribution is 2.33. The zero-order chi connectivity index (χ0) is 12.5. The van der Waals surface area contributed by atoms with Crippen molar-refractivity contribution in [2.75, 3.05) is 26.9 Å². The van der Waals surface area contributed by atoms with Gasteiger partial charge in [-0.25, -0.2) is 8.78 Å². The van der Waals surface area contributed by atoms with Gasteiger partial charge in [-0.3, -0.25) is 0 Å². The number of benzene rings is 1. The van der Waals surface area contributed by atoms with Gasteiger partial charge < -0.3 is 15.2 Å². The van der Waals surface area contributed by atoms with Gasteiger partial charge in [-0.2, -0.15) is 0 Å². The first kappa shape index (κ1) is 12.3. The molecule has 3 nitrogen and oxygen atoms in total. The number of nitrogens with two attached hydrogens (primary N) is 1. The predicted molar refractivity (Wildman–Crippen MR) is 58.9 cm³/mol. The van der Waals surface area contributed by atoms with Crippen molar-refractivity contribution in [3.05, 3.63) is 29.3 Å². The third kappa shape index (κ3) is 2.25. The first-order valence-electron chi connectivity index (χ1n) is 5.40. The quantitative estimate of drug-likeness (QED) is 0.871. The fourth-order valence-electron chi connectivity index (χ4n) is 1.95. The third-order valence-corrected chi connectivity index (χ3v) is 3.14. The van der Waals surface area contributed by atoms with E-state index < -0.39 is 11.6 Å². The van der Waals surface area contributed by atoms with Crippen LogP contribution in [0.5, 0.6) is 5.75 Å². The van der Waals surface area contributed by atoms with Crippen LogP contribution >= 0.6 is 0 Å². The van der Waals surface area contributed by atoms with E-state index >= 15 is 0 Å². The fraction of sp³-hybridized carbons (Fsp3) is 0.500. The van der Waals surface area contributed by atoms with E-state index in [-0.39, 0.29) is 11.2 Å². The summed E-state index contributed by atoms with van der Waals surface area (Å²) in [6.07, 6.45) is 0.385. The summed E-state index contributed by atoms with van der Waals surface area (Å²) in [5, 5.41) is 0. The molecule has 1 heterocycles. The Hall–Kier alpha value is -1.20. The highest BCUT2D eigenvalue weighted by Gasteiger charge is 2.38. The van der Waals surface area contributed by atoms with E-state index in [9.17, 15) is 8.78 Å². The van der Waals surface area contributed by atoms with E-state index in [1.807, 2.05) is 0 Å². The fourth-order valence-corrected chi connectivity index (χ4v) is 1.95. The van der Waals surface area contributed by atoms with Gasteiger partial charge in [-0.05, 0) is 18.1 Å². The number of halogens is 2. The first-order valence-corrected chi connectivity index (χ1v) is 5.40. The van der Waals surface area contributed by atoms with Gasteiger partial charge in [-0.15, -0.1) is 0 Å². The molecule has 0 amide bonds. The molecule has 0 aromatic heterocycles.